The number of aromatic nitrogens is 2. The molecular formula is C12H19N3. The van der Waals surface area contributed by atoms with Gasteiger partial charge in [0.1, 0.15) is 5.82 Å². The largest absolute Gasteiger partial charge is 0.310 e. The van der Waals surface area contributed by atoms with Crippen LogP contribution in [0.15, 0.2) is 12.4 Å². The molecule has 0 atom stereocenters. The molecule has 2 rings (SSSR count). The second kappa shape index (κ2) is 3.89. The molecule has 1 aromatic heterocycles. The van der Waals surface area contributed by atoms with Crippen molar-refractivity contribution in [3.8, 4) is 0 Å². The van der Waals surface area contributed by atoms with Gasteiger partial charge >= 0.3 is 0 Å². The van der Waals surface area contributed by atoms with E-state index in [-0.39, 0.29) is 5.41 Å². The third-order valence-corrected chi connectivity index (χ3v) is 2.96. The summed E-state index contributed by atoms with van der Waals surface area (Å²) in [4.78, 5) is 8.88. The molecule has 82 valence electrons. The zero-order valence-electron chi connectivity index (χ0n) is 9.75. The number of rotatable bonds is 4. The molecule has 0 radical (unpaired) electrons. The van der Waals surface area contributed by atoms with Gasteiger partial charge in [-0.1, -0.05) is 20.8 Å². The van der Waals surface area contributed by atoms with Crippen LogP contribution in [0.2, 0.25) is 0 Å². The van der Waals surface area contributed by atoms with Crippen LogP contribution >= 0.6 is 0 Å². The molecule has 1 N–H and O–H groups in total. The molecule has 1 aromatic rings. The molecule has 0 amide bonds. The Balaban J connectivity index is 1.98. The first-order valence-corrected chi connectivity index (χ1v) is 5.65. The number of hydrogen-bond acceptors (Lipinski definition) is 3. The zero-order chi connectivity index (χ0) is 10.9. The van der Waals surface area contributed by atoms with Gasteiger partial charge in [0.25, 0.3) is 0 Å². The molecule has 3 heteroatoms. The zero-order valence-corrected chi connectivity index (χ0v) is 9.75. The lowest BCUT2D eigenvalue weighted by molar-refractivity contribution is 0.584. The summed E-state index contributed by atoms with van der Waals surface area (Å²) in [6.45, 7) is 7.37. The van der Waals surface area contributed by atoms with Crippen LogP contribution in [0.3, 0.4) is 0 Å². The van der Waals surface area contributed by atoms with Gasteiger partial charge in [0.15, 0.2) is 0 Å². The Labute approximate surface area is 91.3 Å². The number of hydrogen-bond donors (Lipinski definition) is 1. The van der Waals surface area contributed by atoms with Crippen LogP contribution in [-0.2, 0) is 12.0 Å². The van der Waals surface area contributed by atoms with Gasteiger partial charge in [-0.05, 0) is 12.8 Å². The summed E-state index contributed by atoms with van der Waals surface area (Å²) in [5, 5.41) is 3.36. The van der Waals surface area contributed by atoms with Crippen molar-refractivity contribution in [2.24, 2.45) is 0 Å². The molecule has 1 saturated carbocycles. The molecule has 0 aliphatic heterocycles. The Hall–Kier alpha value is -0.960. The average Bonchev–Trinajstić information content (AvgIpc) is 2.96. The van der Waals surface area contributed by atoms with Crippen molar-refractivity contribution in [2.75, 3.05) is 0 Å². The molecule has 1 aliphatic carbocycles. The van der Waals surface area contributed by atoms with Crippen LogP contribution in [-0.4, -0.2) is 16.0 Å². The van der Waals surface area contributed by atoms with Gasteiger partial charge in [-0.2, -0.15) is 0 Å². The van der Waals surface area contributed by atoms with Crippen LogP contribution < -0.4 is 5.32 Å². The van der Waals surface area contributed by atoms with E-state index in [1.807, 2.05) is 12.4 Å². The van der Waals surface area contributed by atoms with Crippen LogP contribution in [0, 0.1) is 0 Å². The minimum absolute atomic E-state index is 0.282. The lowest BCUT2D eigenvalue weighted by Crippen LogP contribution is -2.22. The lowest BCUT2D eigenvalue weighted by Gasteiger charge is -2.09. The second-order valence-corrected chi connectivity index (χ2v) is 5.01. The molecule has 0 unspecified atom stereocenters. The summed E-state index contributed by atoms with van der Waals surface area (Å²) in [5.41, 5.74) is 1.45. The summed E-state index contributed by atoms with van der Waals surface area (Å²) >= 11 is 0. The smallest absolute Gasteiger partial charge is 0.134 e. The van der Waals surface area contributed by atoms with Gasteiger partial charge in [0.05, 0.1) is 0 Å². The predicted molar refractivity (Wildman–Crippen MR) is 60.6 cm³/mol. The Morgan fingerprint density at radius 2 is 1.93 bits per heavy atom. The summed E-state index contributed by atoms with van der Waals surface area (Å²) in [6, 6.07) is 0.505. The first-order valence-electron chi connectivity index (χ1n) is 5.65. The first kappa shape index (κ1) is 10.6. The van der Waals surface area contributed by atoms with Crippen molar-refractivity contribution in [3.63, 3.8) is 0 Å². The van der Waals surface area contributed by atoms with Gasteiger partial charge < -0.3 is 5.32 Å². The van der Waals surface area contributed by atoms with Crippen LogP contribution in [0.5, 0.6) is 0 Å². The van der Waals surface area contributed by atoms with E-state index < -0.39 is 0 Å². The fourth-order valence-electron chi connectivity index (χ4n) is 1.49. The number of nitrogens with one attached hydrogen (secondary N) is 1. The summed E-state index contributed by atoms with van der Waals surface area (Å²) in [7, 11) is 0. The summed E-state index contributed by atoms with van der Waals surface area (Å²) < 4.78 is 0. The van der Waals surface area contributed by atoms with E-state index in [1.54, 1.807) is 0 Å². The monoisotopic (exact) mass is 205 g/mol. The maximum Gasteiger partial charge on any atom is 0.134 e. The minimum atomic E-state index is 0.282. The summed E-state index contributed by atoms with van der Waals surface area (Å²) in [5.74, 6) is 1.01. The van der Waals surface area contributed by atoms with E-state index in [4.69, 9.17) is 0 Å². The van der Waals surface area contributed by atoms with Crippen LogP contribution in [0.4, 0.5) is 0 Å². The summed E-state index contributed by atoms with van der Waals surface area (Å²) in [6.07, 6.45) is 6.36. The van der Waals surface area contributed by atoms with Crippen LogP contribution in [0.25, 0.3) is 0 Å². The first-order chi connectivity index (χ1) is 7.10. The van der Waals surface area contributed by atoms with Crippen LogP contribution in [0.1, 0.15) is 45.0 Å². The van der Waals surface area contributed by atoms with Gasteiger partial charge in [-0.3, -0.25) is 0 Å². The van der Waals surface area contributed by atoms with E-state index >= 15 is 0 Å². The Morgan fingerprint density at radius 3 is 2.40 bits per heavy atom. The van der Waals surface area contributed by atoms with Crippen molar-refractivity contribution in [1.82, 2.24) is 15.3 Å². The molecule has 1 aliphatic rings. The maximum atomic E-state index is 4.44. The maximum absolute atomic E-state index is 4.44. The topological polar surface area (TPSA) is 37.8 Å². The van der Waals surface area contributed by atoms with E-state index in [0.717, 1.165) is 17.9 Å². The third-order valence-electron chi connectivity index (χ3n) is 2.96. The van der Waals surface area contributed by atoms with Crippen molar-refractivity contribution < 1.29 is 0 Å². The highest BCUT2D eigenvalue weighted by atomic mass is 14.9. The average molecular weight is 205 g/mol. The molecule has 3 nitrogen and oxygen atoms in total. The predicted octanol–water partition coefficient (Wildman–Crippen LogP) is 2.03. The minimum Gasteiger partial charge on any atom is -0.310 e. The SMILES string of the molecule is CC(C)NCc1cnc(C2(C)CC2)nc1. The van der Waals surface area contributed by atoms with Gasteiger partial charge in [0.2, 0.25) is 0 Å². The highest BCUT2D eigenvalue weighted by Crippen LogP contribution is 2.45. The molecule has 1 heterocycles. The highest BCUT2D eigenvalue weighted by Gasteiger charge is 2.41. The Morgan fingerprint density at radius 1 is 1.33 bits per heavy atom. The molecule has 0 bridgehead atoms. The molecule has 0 spiro atoms. The van der Waals surface area contributed by atoms with Crippen molar-refractivity contribution in [1.29, 1.82) is 0 Å². The number of nitrogens with zero attached hydrogens (tertiary/aromatic N) is 2. The fourth-order valence-corrected chi connectivity index (χ4v) is 1.49. The van der Waals surface area contributed by atoms with Gasteiger partial charge in [0, 0.05) is 36.0 Å². The van der Waals surface area contributed by atoms with Gasteiger partial charge in [-0.25, -0.2) is 9.97 Å². The molecule has 1 fully saturated rings. The normalized spacial score (nSPS) is 18.1. The van der Waals surface area contributed by atoms with Crippen molar-refractivity contribution in [3.05, 3.63) is 23.8 Å². The fraction of sp³-hybridized carbons (Fsp3) is 0.667. The van der Waals surface area contributed by atoms with E-state index in [0.29, 0.717) is 6.04 Å². The lowest BCUT2D eigenvalue weighted by atomic mass is 10.1. The molecule has 0 aromatic carbocycles. The molecule has 15 heavy (non-hydrogen) atoms. The standard InChI is InChI=1S/C12H19N3/c1-9(2)13-6-10-7-14-11(15-8-10)12(3)4-5-12/h7-9,13H,4-6H2,1-3H3. The highest BCUT2D eigenvalue weighted by molar-refractivity contribution is 5.17. The van der Waals surface area contributed by atoms with Crippen molar-refractivity contribution in [2.45, 2.75) is 51.6 Å². The third kappa shape index (κ3) is 2.53. The van der Waals surface area contributed by atoms with Gasteiger partial charge in [-0.15, -0.1) is 0 Å². The Bertz CT molecular complexity index is 325. The Kier molecular flexibility index (Phi) is 2.74. The molecule has 0 saturated heterocycles. The second-order valence-electron chi connectivity index (χ2n) is 5.01. The van der Waals surface area contributed by atoms with E-state index in [1.165, 1.54) is 12.8 Å². The van der Waals surface area contributed by atoms with Crippen molar-refractivity contribution >= 4 is 0 Å². The quantitative estimate of drug-likeness (QED) is 0.817. The van der Waals surface area contributed by atoms with E-state index in [2.05, 4.69) is 36.1 Å². The van der Waals surface area contributed by atoms with E-state index in [9.17, 15) is 0 Å². The molecular weight excluding hydrogens is 186 g/mol.